The van der Waals surface area contributed by atoms with Gasteiger partial charge in [-0.3, -0.25) is 0 Å². The van der Waals surface area contributed by atoms with Crippen LogP contribution in [-0.2, 0) is 24.8 Å². The maximum atomic E-state index is 6.61. The normalized spacial score (nSPS) is 26.7. The van der Waals surface area contributed by atoms with E-state index in [0.717, 1.165) is 18.0 Å². The Morgan fingerprint density at radius 3 is 3.09 bits per heavy atom. The molecule has 0 saturated carbocycles. The van der Waals surface area contributed by atoms with Crippen LogP contribution >= 0.6 is 11.6 Å². The van der Waals surface area contributed by atoms with Crippen LogP contribution in [0, 0.1) is 5.92 Å². The Labute approximate surface area is 137 Å². The minimum absolute atomic E-state index is 0.358. The highest BCUT2D eigenvalue weighted by Gasteiger charge is 2.42. The highest BCUT2D eigenvalue weighted by atomic mass is 35.5. The minimum atomic E-state index is 0.358. The van der Waals surface area contributed by atoms with Gasteiger partial charge in [0.2, 0.25) is 0 Å². The molecule has 2 atom stereocenters. The molecule has 2 aromatic rings. The zero-order chi connectivity index (χ0) is 15.2. The van der Waals surface area contributed by atoms with Crippen molar-refractivity contribution in [2.24, 2.45) is 5.92 Å². The van der Waals surface area contributed by atoms with Crippen molar-refractivity contribution in [2.75, 3.05) is 0 Å². The molecule has 2 aliphatic rings. The Morgan fingerprint density at radius 1 is 1.41 bits per heavy atom. The molecule has 0 aliphatic heterocycles. The zero-order valence-electron chi connectivity index (χ0n) is 13.2. The van der Waals surface area contributed by atoms with Gasteiger partial charge in [-0.05, 0) is 72.6 Å². The third-order valence-corrected chi connectivity index (χ3v) is 6.21. The number of aromatic nitrogens is 2. The zero-order valence-corrected chi connectivity index (χ0v) is 13.9. The molecular formula is C19H23ClN2. The van der Waals surface area contributed by atoms with Crippen molar-refractivity contribution in [1.82, 2.24) is 9.55 Å². The van der Waals surface area contributed by atoms with Gasteiger partial charge in [0, 0.05) is 24.0 Å². The highest BCUT2D eigenvalue weighted by molar-refractivity contribution is 6.31. The summed E-state index contributed by atoms with van der Waals surface area (Å²) in [7, 11) is 0. The number of benzene rings is 1. The standard InChI is InChI=1S/C19H23ClN2/c1-2-19-7-3-4-15-5-6-17(20)16(18(15)19)10-14(11-19)12-22-9-8-21-13-22/h5-6,8-9,13-14H,2-4,7,10-12H2,1H3/t14-,19+/m1/s1. The third-order valence-electron chi connectivity index (χ3n) is 5.85. The molecule has 4 rings (SSSR count). The van der Waals surface area contributed by atoms with Crippen LogP contribution in [0.15, 0.2) is 30.9 Å². The van der Waals surface area contributed by atoms with Gasteiger partial charge in [-0.1, -0.05) is 24.6 Å². The second-order valence-electron chi connectivity index (χ2n) is 7.08. The molecule has 2 nitrogen and oxygen atoms in total. The van der Waals surface area contributed by atoms with E-state index in [-0.39, 0.29) is 0 Å². The third kappa shape index (κ3) is 2.20. The molecule has 1 aromatic carbocycles. The van der Waals surface area contributed by atoms with E-state index in [2.05, 4.69) is 34.8 Å². The van der Waals surface area contributed by atoms with Gasteiger partial charge < -0.3 is 4.57 Å². The van der Waals surface area contributed by atoms with Crippen LogP contribution in [0.25, 0.3) is 0 Å². The molecule has 0 unspecified atom stereocenters. The minimum Gasteiger partial charge on any atom is -0.337 e. The molecule has 0 bridgehead atoms. The molecule has 0 amide bonds. The van der Waals surface area contributed by atoms with Gasteiger partial charge in [-0.15, -0.1) is 0 Å². The lowest BCUT2D eigenvalue weighted by Crippen LogP contribution is -2.39. The van der Waals surface area contributed by atoms with Crippen molar-refractivity contribution in [3.8, 4) is 0 Å². The Hall–Kier alpha value is -1.28. The fourth-order valence-electron chi connectivity index (χ4n) is 4.92. The average Bonchev–Trinajstić information content (AvgIpc) is 3.03. The summed E-state index contributed by atoms with van der Waals surface area (Å²) in [5.74, 6) is 0.660. The number of imidazole rings is 1. The topological polar surface area (TPSA) is 17.8 Å². The van der Waals surface area contributed by atoms with Crippen LogP contribution in [0.1, 0.15) is 49.3 Å². The van der Waals surface area contributed by atoms with Crippen LogP contribution in [0.3, 0.4) is 0 Å². The largest absolute Gasteiger partial charge is 0.337 e. The smallest absolute Gasteiger partial charge is 0.0945 e. The molecule has 0 N–H and O–H groups in total. The van der Waals surface area contributed by atoms with Gasteiger partial charge in [0.25, 0.3) is 0 Å². The van der Waals surface area contributed by atoms with Gasteiger partial charge in [0.05, 0.1) is 6.33 Å². The second-order valence-corrected chi connectivity index (χ2v) is 7.49. The second kappa shape index (κ2) is 5.42. The number of nitrogens with zero attached hydrogens (tertiary/aromatic N) is 2. The average molecular weight is 315 g/mol. The maximum absolute atomic E-state index is 6.61. The first-order chi connectivity index (χ1) is 10.7. The van der Waals surface area contributed by atoms with Crippen LogP contribution in [0.5, 0.6) is 0 Å². The SMILES string of the molecule is CC[C@@]12CCCc3ccc(Cl)c(c31)C[C@@H](Cn1ccnc1)C2. The number of halogens is 1. The number of rotatable bonds is 3. The van der Waals surface area contributed by atoms with E-state index in [0.29, 0.717) is 11.3 Å². The van der Waals surface area contributed by atoms with Crippen molar-refractivity contribution in [3.05, 3.63) is 52.6 Å². The predicted octanol–water partition coefficient (Wildman–Crippen LogP) is 4.78. The summed E-state index contributed by atoms with van der Waals surface area (Å²) in [6, 6.07) is 4.40. The van der Waals surface area contributed by atoms with E-state index >= 15 is 0 Å². The van der Waals surface area contributed by atoms with E-state index in [1.165, 1.54) is 37.7 Å². The molecule has 116 valence electrons. The van der Waals surface area contributed by atoms with E-state index < -0.39 is 0 Å². The van der Waals surface area contributed by atoms with E-state index in [1.54, 1.807) is 11.1 Å². The van der Waals surface area contributed by atoms with Gasteiger partial charge in [0.1, 0.15) is 0 Å². The lowest BCUT2D eigenvalue weighted by atomic mass is 9.59. The molecule has 0 radical (unpaired) electrons. The molecule has 2 aliphatic carbocycles. The van der Waals surface area contributed by atoms with Crippen molar-refractivity contribution in [2.45, 2.75) is 57.4 Å². The molecule has 3 heteroatoms. The van der Waals surface area contributed by atoms with Crippen molar-refractivity contribution in [1.29, 1.82) is 0 Å². The molecule has 0 fully saturated rings. The monoisotopic (exact) mass is 314 g/mol. The first-order valence-corrected chi connectivity index (χ1v) is 8.86. The van der Waals surface area contributed by atoms with Crippen LogP contribution in [0.2, 0.25) is 5.02 Å². The maximum Gasteiger partial charge on any atom is 0.0945 e. The Morgan fingerprint density at radius 2 is 2.32 bits per heavy atom. The van der Waals surface area contributed by atoms with Crippen LogP contribution in [0.4, 0.5) is 0 Å². The first kappa shape index (κ1) is 14.3. The van der Waals surface area contributed by atoms with E-state index in [1.807, 2.05) is 12.5 Å². The molecule has 0 saturated heterocycles. The fourth-order valence-corrected chi connectivity index (χ4v) is 5.15. The molecule has 0 spiro atoms. The fraction of sp³-hybridized carbons (Fsp3) is 0.526. The summed E-state index contributed by atoms with van der Waals surface area (Å²) in [4.78, 5) is 4.19. The summed E-state index contributed by atoms with van der Waals surface area (Å²) < 4.78 is 2.22. The molecule has 1 heterocycles. The van der Waals surface area contributed by atoms with E-state index in [9.17, 15) is 0 Å². The van der Waals surface area contributed by atoms with Gasteiger partial charge in [0.15, 0.2) is 0 Å². The van der Waals surface area contributed by atoms with Gasteiger partial charge in [-0.2, -0.15) is 0 Å². The van der Waals surface area contributed by atoms with Crippen molar-refractivity contribution >= 4 is 11.6 Å². The lowest BCUT2D eigenvalue weighted by molar-refractivity contribution is 0.226. The Balaban J connectivity index is 1.77. The highest BCUT2D eigenvalue weighted by Crippen LogP contribution is 2.51. The first-order valence-electron chi connectivity index (χ1n) is 8.48. The Kier molecular flexibility index (Phi) is 3.53. The molecular weight excluding hydrogens is 292 g/mol. The van der Waals surface area contributed by atoms with Gasteiger partial charge in [-0.25, -0.2) is 4.98 Å². The summed E-state index contributed by atoms with van der Waals surface area (Å²) in [5, 5.41) is 0.980. The Bertz CT molecular complexity index is 677. The lowest BCUT2D eigenvalue weighted by Gasteiger charge is -2.46. The summed E-state index contributed by atoms with van der Waals surface area (Å²) >= 11 is 6.61. The number of hydrogen-bond acceptors (Lipinski definition) is 1. The van der Waals surface area contributed by atoms with Crippen molar-refractivity contribution < 1.29 is 0 Å². The van der Waals surface area contributed by atoms with E-state index in [4.69, 9.17) is 11.6 Å². The van der Waals surface area contributed by atoms with Crippen LogP contribution in [-0.4, -0.2) is 9.55 Å². The summed E-state index contributed by atoms with van der Waals surface area (Å²) in [6.07, 6.45) is 13.4. The van der Waals surface area contributed by atoms with Crippen molar-refractivity contribution in [3.63, 3.8) is 0 Å². The molecule has 1 aromatic heterocycles. The number of hydrogen-bond donors (Lipinski definition) is 0. The van der Waals surface area contributed by atoms with Gasteiger partial charge >= 0.3 is 0 Å². The summed E-state index contributed by atoms with van der Waals surface area (Å²) in [5.41, 5.74) is 4.98. The number of aryl methyl sites for hydroxylation is 1. The quantitative estimate of drug-likeness (QED) is 0.797. The molecule has 22 heavy (non-hydrogen) atoms. The summed E-state index contributed by atoms with van der Waals surface area (Å²) in [6.45, 7) is 3.42. The van der Waals surface area contributed by atoms with Crippen LogP contribution < -0.4 is 0 Å². The predicted molar refractivity (Wildman–Crippen MR) is 90.4 cm³/mol.